The smallest absolute Gasteiger partial charge is 0.244 e. The zero-order chi connectivity index (χ0) is 17.0. The predicted octanol–water partition coefficient (Wildman–Crippen LogP) is 2.88. The number of ether oxygens (including phenoxy) is 2. The Morgan fingerprint density at radius 1 is 1.04 bits per heavy atom. The van der Waals surface area contributed by atoms with Gasteiger partial charge in [-0.15, -0.1) is 0 Å². The molecule has 1 unspecified atom stereocenters. The van der Waals surface area contributed by atoms with Crippen LogP contribution in [0.3, 0.4) is 0 Å². The molecular formula is C16H18FNO4S. The molecule has 124 valence electrons. The van der Waals surface area contributed by atoms with Gasteiger partial charge in [0.15, 0.2) is 11.5 Å². The standard InChI is InChI=1S/C16H18FNO4S/c1-11(12-7-5-4-6-8-12)18-23(19,20)16-10-15(22-3)14(21-2)9-13(16)17/h4-11,18H,1-3H3. The van der Waals surface area contributed by atoms with Crippen LogP contribution in [-0.2, 0) is 10.0 Å². The monoisotopic (exact) mass is 339 g/mol. The maximum Gasteiger partial charge on any atom is 0.244 e. The van der Waals surface area contributed by atoms with Crippen LogP contribution in [0.2, 0.25) is 0 Å². The minimum absolute atomic E-state index is 0.125. The molecule has 0 aliphatic rings. The van der Waals surface area contributed by atoms with Crippen LogP contribution in [0.25, 0.3) is 0 Å². The van der Waals surface area contributed by atoms with E-state index in [1.165, 1.54) is 14.2 Å². The third kappa shape index (κ3) is 3.80. The lowest BCUT2D eigenvalue weighted by molar-refractivity contribution is 0.350. The summed E-state index contributed by atoms with van der Waals surface area (Å²) < 4.78 is 51.5. The van der Waals surface area contributed by atoms with Crippen molar-refractivity contribution in [3.8, 4) is 11.5 Å². The lowest BCUT2D eigenvalue weighted by Crippen LogP contribution is -2.27. The first-order valence-electron chi connectivity index (χ1n) is 6.88. The summed E-state index contributed by atoms with van der Waals surface area (Å²) in [4.78, 5) is -0.488. The number of methoxy groups -OCH3 is 2. The van der Waals surface area contributed by atoms with Crippen molar-refractivity contribution in [2.75, 3.05) is 14.2 Å². The van der Waals surface area contributed by atoms with E-state index < -0.39 is 26.8 Å². The molecule has 5 nitrogen and oxygen atoms in total. The van der Waals surface area contributed by atoms with Gasteiger partial charge in [-0.2, -0.15) is 0 Å². The second-order valence-electron chi connectivity index (χ2n) is 4.89. The highest BCUT2D eigenvalue weighted by molar-refractivity contribution is 7.89. The molecular weight excluding hydrogens is 321 g/mol. The topological polar surface area (TPSA) is 64.6 Å². The van der Waals surface area contributed by atoms with Crippen molar-refractivity contribution in [1.82, 2.24) is 4.72 Å². The van der Waals surface area contributed by atoms with Gasteiger partial charge < -0.3 is 9.47 Å². The second-order valence-corrected chi connectivity index (χ2v) is 6.57. The van der Waals surface area contributed by atoms with Crippen molar-refractivity contribution in [2.45, 2.75) is 17.9 Å². The van der Waals surface area contributed by atoms with E-state index in [1.54, 1.807) is 31.2 Å². The summed E-state index contributed by atoms with van der Waals surface area (Å²) in [6, 6.07) is 10.6. The molecule has 0 spiro atoms. The van der Waals surface area contributed by atoms with E-state index in [2.05, 4.69) is 4.72 Å². The molecule has 2 aromatic rings. The fraction of sp³-hybridized carbons (Fsp3) is 0.250. The van der Waals surface area contributed by atoms with Crippen LogP contribution in [0.1, 0.15) is 18.5 Å². The molecule has 2 aromatic carbocycles. The van der Waals surface area contributed by atoms with Crippen molar-refractivity contribution in [3.63, 3.8) is 0 Å². The summed E-state index contributed by atoms with van der Waals surface area (Å²) in [5, 5.41) is 0. The number of hydrogen-bond donors (Lipinski definition) is 1. The Morgan fingerprint density at radius 2 is 1.61 bits per heavy atom. The van der Waals surface area contributed by atoms with Crippen LogP contribution in [-0.4, -0.2) is 22.6 Å². The van der Waals surface area contributed by atoms with E-state index >= 15 is 0 Å². The highest BCUT2D eigenvalue weighted by Gasteiger charge is 2.24. The van der Waals surface area contributed by atoms with Crippen molar-refractivity contribution in [3.05, 3.63) is 53.8 Å². The van der Waals surface area contributed by atoms with Crippen molar-refractivity contribution < 1.29 is 22.3 Å². The van der Waals surface area contributed by atoms with Crippen LogP contribution >= 0.6 is 0 Å². The molecule has 0 bridgehead atoms. The van der Waals surface area contributed by atoms with Crippen molar-refractivity contribution >= 4 is 10.0 Å². The fourth-order valence-corrected chi connectivity index (χ4v) is 3.45. The molecule has 1 N–H and O–H groups in total. The highest BCUT2D eigenvalue weighted by Crippen LogP contribution is 2.32. The molecule has 23 heavy (non-hydrogen) atoms. The largest absolute Gasteiger partial charge is 0.493 e. The summed E-state index contributed by atoms with van der Waals surface area (Å²) in [5.74, 6) is -0.642. The van der Waals surface area contributed by atoms with E-state index in [9.17, 15) is 12.8 Å². The summed E-state index contributed by atoms with van der Waals surface area (Å²) >= 11 is 0. The molecule has 0 aliphatic heterocycles. The lowest BCUT2D eigenvalue weighted by atomic mass is 10.1. The van der Waals surface area contributed by atoms with Gasteiger partial charge in [-0.3, -0.25) is 0 Å². The van der Waals surface area contributed by atoms with Gasteiger partial charge in [-0.1, -0.05) is 30.3 Å². The van der Waals surface area contributed by atoms with E-state index in [1.807, 2.05) is 6.07 Å². The van der Waals surface area contributed by atoms with E-state index in [-0.39, 0.29) is 11.5 Å². The van der Waals surface area contributed by atoms with Gasteiger partial charge in [0.05, 0.1) is 14.2 Å². The third-order valence-corrected chi connectivity index (χ3v) is 4.91. The molecule has 0 radical (unpaired) electrons. The minimum atomic E-state index is -4.06. The number of sulfonamides is 1. The van der Waals surface area contributed by atoms with E-state index in [0.29, 0.717) is 0 Å². The Kier molecular flexibility index (Phi) is 5.23. The molecule has 7 heteroatoms. The third-order valence-electron chi connectivity index (χ3n) is 3.36. The zero-order valence-electron chi connectivity index (χ0n) is 13.0. The first-order chi connectivity index (χ1) is 10.9. The quantitative estimate of drug-likeness (QED) is 0.879. The summed E-state index contributed by atoms with van der Waals surface area (Å²) in [6.45, 7) is 1.69. The molecule has 0 fully saturated rings. The first-order valence-corrected chi connectivity index (χ1v) is 8.36. The first kappa shape index (κ1) is 17.2. The van der Waals surface area contributed by atoms with Crippen LogP contribution in [0.15, 0.2) is 47.4 Å². The van der Waals surface area contributed by atoms with Gasteiger partial charge in [-0.05, 0) is 12.5 Å². The fourth-order valence-electron chi connectivity index (χ4n) is 2.15. The molecule has 2 rings (SSSR count). The molecule has 0 amide bonds. The Morgan fingerprint density at radius 3 is 2.17 bits per heavy atom. The van der Waals surface area contributed by atoms with E-state index in [0.717, 1.165) is 17.7 Å². The summed E-state index contributed by atoms with van der Waals surface area (Å²) in [7, 11) is -1.35. The van der Waals surface area contributed by atoms with Gasteiger partial charge in [0.2, 0.25) is 10.0 Å². The van der Waals surface area contributed by atoms with Crippen molar-refractivity contribution in [2.24, 2.45) is 0 Å². The van der Waals surface area contributed by atoms with Crippen LogP contribution in [0.4, 0.5) is 4.39 Å². The number of benzene rings is 2. The van der Waals surface area contributed by atoms with Crippen molar-refractivity contribution in [1.29, 1.82) is 0 Å². The molecule has 0 heterocycles. The minimum Gasteiger partial charge on any atom is -0.493 e. The average Bonchev–Trinajstić information content (AvgIpc) is 2.54. The average molecular weight is 339 g/mol. The Labute approximate surface area is 135 Å². The van der Waals surface area contributed by atoms with Crippen LogP contribution in [0.5, 0.6) is 11.5 Å². The van der Waals surface area contributed by atoms with Gasteiger partial charge in [0, 0.05) is 18.2 Å². The molecule has 0 saturated carbocycles. The summed E-state index contributed by atoms with van der Waals surface area (Å²) in [6.07, 6.45) is 0. The highest BCUT2D eigenvalue weighted by atomic mass is 32.2. The number of hydrogen-bond acceptors (Lipinski definition) is 4. The normalized spacial score (nSPS) is 12.7. The van der Waals surface area contributed by atoms with Gasteiger partial charge in [0.25, 0.3) is 0 Å². The van der Waals surface area contributed by atoms with Gasteiger partial charge >= 0.3 is 0 Å². The maximum atomic E-state index is 14.1. The number of halogens is 1. The van der Waals surface area contributed by atoms with Crippen LogP contribution < -0.4 is 14.2 Å². The Balaban J connectivity index is 2.36. The molecule has 0 aromatic heterocycles. The molecule has 0 aliphatic carbocycles. The maximum absolute atomic E-state index is 14.1. The Bertz CT molecular complexity index is 778. The second kappa shape index (κ2) is 6.97. The lowest BCUT2D eigenvalue weighted by Gasteiger charge is -2.16. The van der Waals surface area contributed by atoms with E-state index in [4.69, 9.17) is 9.47 Å². The summed E-state index contributed by atoms with van der Waals surface area (Å²) in [5.41, 5.74) is 0.775. The van der Waals surface area contributed by atoms with Gasteiger partial charge in [-0.25, -0.2) is 17.5 Å². The molecule has 0 saturated heterocycles. The SMILES string of the molecule is COc1cc(F)c(S(=O)(=O)NC(C)c2ccccc2)cc1OC. The zero-order valence-corrected chi connectivity index (χ0v) is 13.9. The molecule has 1 atom stereocenters. The number of nitrogens with one attached hydrogen (secondary N) is 1. The predicted molar refractivity (Wildman–Crippen MR) is 84.7 cm³/mol. The van der Waals surface area contributed by atoms with Gasteiger partial charge in [0.1, 0.15) is 10.7 Å². The van der Waals surface area contributed by atoms with Crippen LogP contribution in [0, 0.1) is 5.82 Å². The number of rotatable bonds is 6. The Hall–Kier alpha value is -2.12.